The van der Waals surface area contributed by atoms with E-state index in [1.807, 2.05) is 0 Å². The molecule has 3 N–H and O–H groups in total. The topological polar surface area (TPSA) is 58.4 Å². The molecule has 8 saturated carbocycles. The summed E-state index contributed by atoms with van der Waals surface area (Å²) in [5.74, 6) is 4.88. The third-order valence-corrected chi connectivity index (χ3v) is 12.2. The number of rotatable bonds is 5. The predicted molar refractivity (Wildman–Crippen MR) is 126 cm³/mol. The molecule has 0 radical (unpaired) electrons. The van der Waals surface area contributed by atoms with Crippen LogP contribution < -0.4 is 15.3 Å². The number of hydrogen-bond donors (Lipinski definition) is 2. The average Bonchev–Trinajstić information content (AvgIpc) is 2.65. The van der Waals surface area contributed by atoms with Gasteiger partial charge in [0.15, 0.2) is 0 Å². The lowest BCUT2D eigenvalue weighted by Gasteiger charge is -2.63. The van der Waals surface area contributed by atoms with Crippen molar-refractivity contribution < 1.29 is 4.57 Å². The maximum atomic E-state index is 14.7. The third kappa shape index (κ3) is 3.11. The molecular formula is C26H38N3OP. The van der Waals surface area contributed by atoms with Crippen LogP contribution in [0.25, 0.3) is 0 Å². The molecule has 0 heterocycles. The summed E-state index contributed by atoms with van der Waals surface area (Å²) in [4.78, 5) is 0. The van der Waals surface area contributed by atoms with Gasteiger partial charge in [-0.05, 0) is 125 Å². The van der Waals surface area contributed by atoms with E-state index >= 15 is 0 Å². The summed E-state index contributed by atoms with van der Waals surface area (Å²) in [6, 6.07) is 10.6. The molecular weight excluding hydrogens is 401 g/mol. The molecule has 1 aromatic carbocycles. The SMILES string of the molecule is NP(=O)(NC12CC3CC(CC(C3)C1)C2)N(c1ccccc1)C12CC3CC(CC(C3)C1)C2. The first kappa shape index (κ1) is 19.6. The summed E-state index contributed by atoms with van der Waals surface area (Å²) in [5.41, 5.74) is 8.07. The van der Waals surface area contributed by atoms with E-state index in [-0.39, 0.29) is 11.1 Å². The van der Waals surface area contributed by atoms with Crippen LogP contribution in [-0.4, -0.2) is 11.1 Å². The normalized spacial score (nSPS) is 48.7. The Morgan fingerprint density at radius 3 is 1.61 bits per heavy atom. The minimum atomic E-state index is -3.24. The van der Waals surface area contributed by atoms with Crippen molar-refractivity contribution >= 4 is 13.3 Å². The van der Waals surface area contributed by atoms with Gasteiger partial charge in [0, 0.05) is 16.8 Å². The van der Waals surface area contributed by atoms with Crippen molar-refractivity contribution in [1.29, 1.82) is 0 Å². The van der Waals surface area contributed by atoms with Gasteiger partial charge in [-0.1, -0.05) is 18.2 Å². The zero-order valence-electron chi connectivity index (χ0n) is 18.7. The largest absolute Gasteiger partial charge is 0.304 e. The first-order chi connectivity index (χ1) is 14.9. The molecule has 8 aliphatic rings. The first-order valence-corrected chi connectivity index (χ1v) is 14.7. The fourth-order valence-corrected chi connectivity index (χ4v) is 12.7. The quantitative estimate of drug-likeness (QED) is 0.545. The monoisotopic (exact) mass is 439 g/mol. The molecule has 9 rings (SSSR count). The fourth-order valence-electron chi connectivity index (χ4n) is 10.3. The van der Waals surface area contributed by atoms with Crippen LogP contribution in [0.5, 0.6) is 0 Å². The Labute approximate surface area is 187 Å². The molecule has 4 nitrogen and oxygen atoms in total. The minimum Gasteiger partial charge on any atom is -0.293 e. The molecule has 1 aromatic rings. The lowest BCUT2D eigenvalue weighted by atomic mass is 9.53. The van der Waals surface area contributed by atoms with E-state index in [0.29, 0.717) is 0 Å². The van der Waals surface area contributed by atoms with Crippen molar-refractivity contribution in [2.75, 3.05) is 4.67 Å². The van der Waals surface area contributed by atoms with E-state index < -0.39 is 7.59 Å². The van der Waals surface area contributed by atoms with Crippen LogP contribution in [0.1, 0.15) is 77.0 Å². The van der Waals surface area contributed by atoms with Gasteiger partial charge in [0.2, 0.25) is 0 Å². The highest BCUT2D eigenvalue weighted by atomic mass is 31.2. The van der Waals surface area contributed by atoms with E-state index in [4.69, 9.17) is 5.50 Å². The summed E-state index contributed by atoms with van der Waals surface area (Å²) in [6.45, 7) is 0. The molecule has 8 bridgehead atoms. The van der Waals surface area contributed by atoms with E-state index in [1.165, 1.54) is 77.0 Å². The molecule has 0 saturated heterocycles. The number of nitrogens with two attached hydrogens (primary N) is 1. The van der Waals surface area contributed by atoms with Crippen LogP contribution in [0.2, 0.25) is 0 Å². The Bertz CT molecular complexity index is 844. The highest BCUT2D eigenvalue weighted by molar-refractivity contribution is 7.61. The maximum absolute atomic E-state index is 14.7. The average molecular weight is 440 g/mol. The van der Waals surface area contributed by atoms with Crippen LogP contribution in [0.15, 0.2) is 30.3 Å². The molecule has 0 aromatic heterocycles. The maximum Gasteiger partial charge on any atom is 0.304 e. The van der Waals surface area contributed by atoms with Crippen LogP contribution >= 0.6 is 7.59 Å². The molecule has 1 atom stereocenters. The van der Waals surface area contributed by atoms with E-state index in [1.54, 1.807) is 0 Å². The second-order valence-corrected chi connectivity index (χ2v) is 14.6. The van der Waals surface area contributed by atoms with Crippen molar-refractivity contribution in [3.05, 3.63) is 30.3 Å². The molecule has 1 unspecified atom stereocenters. The molecule has 168 valence electrons. The zero-order chi connectivity index (χ0) is 20.8. The third-order valence-electron chi connectivity index (χ3n) is 10.2. The van der Waals surface area contributed by atoms with Gasteiger partial charge >= 0.3 is 7.59 Å². The summed E-state index contributed by atoms with van der Waals surface area (Å²) >= 11 is 0. The molecule has 0 spiro atoms. The van der Waals surface area contributed by atoms with Crippen LogP contribution in [0, 0.1) is 35.5 Å². The summed E-state index contributed by atoms with van der Waals surface area (Å²) < 4.78 is 17.0. The van der Waals surface area contributed by atoms with Gasteiger partial charge in [-0.3, -0.25) is 14.7 Å². The molecule has 5 heteroatoms. The molecule has 31 heavy (non-hydrogen) atoms. The lowest BCUT2D eigenvalue weighted by molar-refractivity contribution is -0.0104. The second kappa shape index (κ2) is 6.61. The van der Waals surface area contributed by atoms with Crippen molar-refractivity contribution in [3.63, 3.8) is 0 Å². The summed E-state index contributed by atoms with van der Waals surface area (Å²) in [7, 11) is -3.24. The number of benzene rings is 1. The van der Waals surface area contributed by atoms with Gasteiger partial charge in [0.1, 0.15) is 0 Å². The van der Waals surface area contributed by atoms with Gasteiger partial charge in [0.05, 0.1) is 0 Å². The van der Waals surface area contributed by atoms with Crippen LogP contribution in [-0.2, 0) is 4.57 Å². The fraction of sp³-hybridized carbons (Fsp3) is 0.769. The second-order valence-electron chi connectivity index (χ2n) is 12.7. The predicted octanol–water partition coefficient (Wildman–Crippen LogP) is 6.09. The number of para-hydroxylation sites is 1. The Hall–Kier alpha value is -0.830. The summed E-state index contributed by atoms with van der Waals surface area (Å²) in [5, 5.41) is 3.78. The smallest absolute Gasteiger partial charge is 0.293 e. The Kier molecular flexibility index (Phi) is 4.19. The number of nitrogens with one attached hydrogen (secondary N) is 1. The van der Waals surface area contributed by atoms with E-state index in [9.17, 15) is 4.57 Å². The molecule has 0 amide bonds. The van der Waals surface area contributed by atoms with Gasteiger partial charge in [0.25, 0.3) is 0 Å². The number of nitrogens with zero attached hydrogens (tertiary/aromatic N) is 1. The van der Waals surface area contributed by atoms with Gasteiger partial charge in [-0.2, -0.15) is 0 Å². The van der Waals surface area contributed by atoms with Gasteiger partial charge < -0.3 is 0 Å². The van der Waals surface area contributed by atoms with Crippen molar-refractivity contribution in [2.45, 2.75) is 88.1 Å². The highest BCUT2D eigenvalue weighted by Crippen LogP contribution is 2.65. The van der Waals surface area contributed by atoms with E-state index in [0.717, 1.165) is 41.2 Å². The summed E-state index contributed by atoms with van der Waals surface area (Å²) in [6.07, 6.45) is 15.4. The van der Waals surface area contributed by atoms with Crippen molar-refractivity contribution in [3.8, 4) is 0 Å². The van der Waals surface area contributed by atoms with Gasteiger partial charge in [-0.15, -0.1) is 0 Å². The molecule has 8 aliphatic carbocycles. The Morgan fingerprint density at radius 2 is 1.16 bits per heavy atom. The van der Waals surface area contributed by atoms with E-state index in [2.05, 4.69) is 40.1 Å². The van der Waals surface area contributed by atoms with Crippen LogP contribution in [0.4, 0.5) is 5.69 Å². The highest BCUT2D eigenvalue weighted by Gasteiger charge is 2.59. The minimum absolute atomic E-state index is 0.00829. The Balaban J connectivity index is 1.27. The number of anilines is 1. The Morgan fingerprint density at radius 1 is 0.742 bits per heavy atom. The lowest BCUT2D eigenvalue weighted by Crippen LogP contribution is -2.64. The van der Waals surface area contributed by atoms with Crippen LogP contribution in [0.3, 0.4) is 0 Å². The number of hydrogen-bond acceptors (Lipinski definition) is 1. The van der Waals surface area contributed by atoms with Crippen molar-refractivity contribution in [1.82, 2.24) is 5.09 Å². The van der Waals surface area contributed by atoms with Gasteiger partial charge in [-0.25, -0.2) is 5.09 Å². The zero-order valence-corrected chi connectivity index (χ0v) is 19.6. The van der Waals surface area contributed by atoms with Crippen molar-refractivity contribution in [2.24, 2.45) is 41.0 Å². The standard InChI is InChI=1S/C26H38N3OP/c27-31(30,28-25-12-18-6-19(13-25)8-20(7-18)14-25)29(24-4-2-1-3-5-24)26-15-21-9-22(16-26)11-23(10-21)17-26/h1-5,18-23H,6-17H2,(H3,27,28,30). The molecule has 0 aliphatic heterocycles. The first-order valence-electron chi connectivity index (χ1n) is 12.9. The molecule has 8 fully saturated rings.